The Kier molecular flexibility index (Phi) is 8.53. The Balaban J connectivity index is 1.47. The van der Waals surface area contributed by atoms with Crippen molar-refractivity contribution in [3.05, 3.63) is 35.1 Å². The molecule has 5 rings (SSSR count). The molecule has 0 aromatic heterocycles. The van der Waals surface area contributed by atoms with Gasteiger partial charge in [-0.05, 0) is 94.2 Å². The Morgan fingerprint density at radius 1 is 1.14 bits per heavy atom. The molecular weight excluding hydrogens is 542 g/mol. The first-order chi connectivity index (χ1) is 19.8. The number of benzene rings is 1. The molecule has 1 spiro atoms. The van der Waals surface area contributed by atoms with E-state index >= 15 is 0 Å². The Labute approximate surface area is 247 Å². The van der Waals surface area contributed by atoms with Crippen molar-refractivity contribution in [1.82, 2.24) is 4.90 Å². The molecule has 232 valence electrons. The number of nitrogens with zero attached hydrogens (tertiary/aromatic N) is 1. The number of hydrogen-bond donors (Lipinski definition) is 2. The van der Waals surface area contributed by atoms with Crippen molar-refractivity contribution >= 4 is 11.9 Å². The number of carbonyl (C=O) groups excluding carboxylic acids is 2. The van der Waals surface area contributed by atoms with Gasteiger partial charge in [0, 0.05) is 6.54 Å². The highest BCUT2D eigenvalue weighted by Gasteiger charge is 2.59. The second kappa shape index (κ2) is 11.7. The third-order valence-corrected chi connectivity index (χ3v) is 8.97. The van der Waals surface area contributed by atoms with Gasteiger partial charge in [0.1, 0.15) is 5.76 Å². The Bertz CT molecular complexity index is 1220. The molecule has 1 unspecified atom stereocenters. The average Bonchev–Trinajstić information content (AvgIpc) is 3.60. The van der Waals surface area contributed by atoms with Gasteiger partial charge in [-0.15, -0.1) is 0 Å². The van der Waals surface area contributed by atoms with Crippen LogP contribution in [0.2, 0.25) is 0 Å². The molecule has 4 atom stereocenters. The van der Waals surface area contributed by atoms with Crippen molar-refractivity contribution in [2.24, 2.45) is 5.92 Å². The summed E-state index contributed by atoms with van der Waals surface area (Å²) in [5, 5.41) is 22.0. The van der Waals surface area contributed by atoms with Crippen molar-refractivity contribution in [2.45, 2.75) is 101 Å². The summed E-state index contributed by atoms with van der Waals surface area (Å²) in [6.07, 6.45) is 3.96. The first-order valence-electron chi connectivity index (χ1n) is 15.1. The molecule has 3 heterocycles. The van der Waals surface area contributed by atoms with Crippen molar-refractivity contribution in [3.8, 4) is 11.5 Å². The molecule has 3 aliphatic heterocycles. The van der Waals surface area contributed by atoms with Crippen LogP contribution in [0.5, 0.6) is 11.5 Å². The van der Waals surface area contributed by atoms with Crippen LogP contribution in [-0.4, -0.2) is 83.5 Å². The summed E-state index contributed by atoms with van der Waals surface area (Å²) in [4.78, 5) is 29.2. The standard InChI is InChI=1S/C32H45NO9/c1-20(2)18-39-26(34)17-32(37,11-6-9-30(3,4)36)29(35)42-28-25(38-5)16-31-10-7-12-33(31)13-8-21-14-23-24(41-19-40-23)15-22(21)27(28)31/h14-16,20,27-28,36-37H,6-13,17-19H2,1-5H3/t27-,28?,31-,32-/m1/s1. The van der Waals surface area contributed by atoms with Gasteiger partial charge >= 0.3 is 11.9 Å². The lowest BCUT2D eigenvalue weighted by atomic mass is 9.77. The van der Waals surface area contributed by atoms with E-state index in [-0.39, 0.29) is 31.7 Å². The zero-order valence-electron chi connectivity index (χ0n) is 25.4. The van der Waals surface area contributed by atoms with E-state index in [1.165, 1.54) is 0 Å². The molecular formula is C32H45NO9. The van der Waals surface area contributed by atoms with Gasteiger partial charge in [-0.1, -0.05) is 13.8 Å². The minimum atomic E-state index is -2.13. The van der Waals surface area contributed by atoms with E-state index < -0.39 is 41.2 Å². The third-order valence-electron chi connectivity index (χ3n) is 8.97. The summed E-state index contributed by atoms with van der Waals surface area (Å²) in [5.74, 6) is 0.104. The maximum absolute atomic E-state index is 14.0. The van der Waals surface area contributed by atoms with Gasteiger partial charge in [-0.3, -0.25) is 9.69 Å². The quantitative estimate of drug-likeness (QED) is 0.371. The van der Waals surface area contributed by atoms with Crippen LogP contribution >= 0.6 is 0 Å². The van der Waals surface area contributed by atoms with Gasteiger partial charge in [0.05, 0.1) is 37.2 Å². The van der Waals surface area contributed by atoms with Crippen LogP contribution < -0.4 is 9.47 Å². The van der Waals surface area contributed by atoms with Gasteiger partial charge < -0.3 is 33.9 Å². The molecule has 0 amide bonds. The van der Waals surface area contributed by atoms with Gasteiger partial charge in [0.2, 0.25) is 6.79 Å². The zero-order chi connectivity index (χ0) is 30.3. The molecule has 10 heteroatoms. The number of carbonyl (C=O) groups is 2. The molecule has 1 aliphatic carbocycles. The van der Waals surface area contributed by atoms with Crippen LogP contribution in [0.25, 0.3) is 0 Å². The lowest BCUT2D eigenvalue weighted by Gasteiger charge is -2.39. The molecule has 10 nitrogen and oxygen atoms in total. The highest BCUT2D eigenvalue weighted by Crippen LogP contribution is 2.55. The summed E-state index contributed by atoms with van der Waals surface area (Å²) in [6, 6.07) is 4.02. The molecule has 1 aromatic rings. The van der Waals surface area contributed by atoms with Crippen molar-refractivity contribution in [3.63, 3.8) is 0 Å². The van der Waals surface area contributed by atoms with E-state index in [9.17, 15) is 19.8 Å². The van der Waals surface area contributed by atoms with Gasteiger partial charge in [0.15, 0.2) is 23.2 Å². The lowest BCUT2D eigenvalue weighted by Crippen LogP contribution is -2.49. The molecule has 2 N–H and O–H groups in total. The fourth-order valence-corrected chi connectivity index (χ4v) is 6.94. The fraction of sp³-hybridized carbons (Fsp3) is 0.688. The fourth-order valence-electron chi connectivity index (χ4n) is 6.94. The number of rotatable bonds is 11. The molecule has 1 aromatic carbocycles. The predicted molar refractivity (Wildman–Crippen MR) is 153 cm³/mol. The second-order valence-electron chi connectivity index (χ2n) is 13.2. The number of fused-ring (bicyclic) bond motifs is 3. The van der Waals surface area contributed by atoms with E-state index in [0.29, 0.717) is 30.1 Å². The zero-order valence-corrected chi connectivity index (χ0v) is 25.4. The minimum absolute atomic E-state index is 0.0669. The molecule has 0 radical (unpaired) electrons. The Morgan fingerprint density at radius 2 is 1.88 bits per heavy atom. The SMILES string of the molecule is COC1=C[C@@]23CCCN2CCc2cc4c(cc2[C@@H]3C1OC(=O)[C@@](O)(CCCC(C)(C)O)CC(=O)OCC(C)C)OCO4. The van der Waals surface area contributed by atoms with E-state index in [0.717, 1.165) is 43.5 Å². The predicted octanol–water partition coefficient (Wildman–Crippen LogP) is 3.61. The number of ether oxygens (including phenoxy) is 5. The van der Waals surface area contributed by atoms with E-state index in [4.69, 9.17) is 23.7 Å². The Morgan fingerprint density at radius 3 is 2.57 bits per heavy atom. The van der Waals surface area contributed by atoms with Crippen molar-refractivity contribution in [1.29, 1.82) is 0 Å². The maximum Gasteiger partial charge on any atom is 0.339 e. The second-order valence-corrected chi connectivity index (χ2v) is 13.2. The van der Waals surface area contributed by atoms with Gasteiger partial charge in [-0.2, -0.15) is 0 Å². The summed E-state index contributed by atoms with van der Waals surface area (Å²) >= 11 is 0. The van der Waals surface area contributed by atoms with Crippen molar-refractivity contribution < 1.29 is 43.5 Å². The monoisotopic (exact) mass is 587 g/mol. The summed E-state index contributed by atoms with van der Waals surface area (Å²) in [5.41, 5.74) is -1.44. The van der Waals surface area contributed by atoms with Crippen LogP contribution in [0.1, 0.15) is 83.3 Å². The first kappa shape index (κ1) is 30.6. The maximum atomic E-state index is 14.0. The molecule has 1 fully saturated rings. The van der Waals surface area contributed by atoms with E-state index in [2.05, 4.69) is 11.0 Å². The largest absolute Gasteiger partial charge is 0.497 e. The lowest BCUT2D eigenvalue weighted by molar-refractivity contribution is -0.179. The number of hydrogen-bond acceptors (Lipinski definition) is 10. The van der Waals surface area contributed by atoms with Crippen molar-refractivity contribution in [2.75, 3.05) is 33.6 Å². The van der Waals surface area contributed by atoms with Crippen LogP contribution in [0, 0.1) is 5.92 Å². The first-order valence-corrected chi connectivity index (χ1v) is 15.1. The molecule has 4 aliphatic rings. The molecule has 42 heavy (non-hydrogen) atoms. The number of aliphatic hydroxyl groups is 2. The normalized spacial score (nSPS) is 26.0. The summed E-state index contributed by atoms with van der Waals surface area (Å²) in [7, 11) is 1.56. The van der Waals surface area contributed by atoms with E-state index in [1.54, 1.807) is 21.0 Å². The molecule has 1 saturated heterocycles. The summed E-state index contributed by atoms with van der Waals surface area (Å²) < 4.78 is 28.8. The third kappa shape index (κ3) is 5.98. The van der Waals surface area contributed by atoms with Crippen LogP contribution in [0.3, 0.4) is 0 Å². The van der Waals surface area contributed by atoms with Crippen LogP contribution in [0.15, 0.2) is 24.0 Å². The van der Waals surface area contributed by atoms with E-state index in [1.807, 2.05) is 26.0 Å². The minimum Gasteiger partial charge on any atom is -0.497 e. The number of methoxy groups -OCH3 is 1. The average molecular weight is 588 g/mol. The van der Waals surface area contributed by atoms with Gasteiger partial charge in [-0.25, -0.2) is 4.79 Å². The highest BCUT2D eigenvalue weighted by molar-refractivity contribution is 5.86. The van der Waals surface area contributed by atoms with Crippen LogP contribution in [-0.2, 0) is 30.2 Å². The highest BCUT2D eigenvalue weighted by atomic mass is 16.7. The van der Waals surface area contributed by atoms with Gasteiger partial charge in [0.25, 0.3) is 0 Å². The molecule has 0 saturated carbocycles. The number of esters is 2. The smallest absolute Gasteiger partial charge is 0.339 e. The Hall–Kier alpha value is -2.82. The molecule has 0 bridgehead atoms. The van der Waals surface area contributed by atoms with Crippen LogP contribution in [0.4, 0.5) is 0 Å². The topological polar surface area (TPSA) is 124 Å². The summed E-state index contributed by atoms with van der Waals surface area (Å²) in [6.45, 7) is 9.23.